The molecule has 1 heterocycles. The maximum atomic E-state index is 9.95. The van der Waals surface area contributed by atoms with Gasteiger partial charge in [-0.05, 0) is 0 Å². The van der Waals surface area contributed by atoms with Gasteiger partial charge in [-0.2, -0.15) is 0 Å². The summed E-state index contributed by atoms with van der Waals surface area (Å²) in [4.78, 5) is 0. The SMILES string of the molecule is OC(C#CCCl)c1ccccc1C1OCCO1. The molecule has 90 valence electrons. The first-order chi connectivity index (χ1) is 8.33. The van der Waals surface area contributed by atoms with Gasteiger partial charge in [0.1, 0.15) is 6.10 Å². The fourth-order valence-corrected chi connectivity index (χ4v) is 1.80. The zero-order valence-electron chi connectivity index (χ0n) is 9.23. The van der Waals surface area contributed by atoms with Crippen molar-refractivity contribution in [2.24, 2.45) is 0 Å². The largest absolute Gasteiger partial charge is 0.376 e. The van der Waals surface area contributed by atoms with Crippen LogP contribution in [0.4, 0.5) is 0 Å². The van der Waals surface area contributed by atoms with Gasteiger partial charge < -0.3 is 14.6 Å². The van der Waals surface area contributed by atoms with Crippen molar-refractivity contribution in [3.8, 4) is 11.8 Å². The molecule has 0 spiro atoms. The highest BCUT2D eigenvalue weighted by Gasteiger charge is 2.22. The highest BCUT2D eigenvalue weighted by atomic mass is 35.5. The van der Waals surface area contributed by atoms with Gasteiger partial charge >= 0.3 is 0 Å². The Labute approximate surface area is 105 Å². The fourth-order valence-electron chi connectivity index (χ4n) is 1.73. The van der Waals surface area contributed by atoms with E-state index in [1.54, 1.807) is 0 Å². The van der Waals surface area contributed by atoms with Crippen LogP contribution in [-0.4, -0.2) is 24.2 Å². The summed E-state index contributed by atoms with van der Waals surface area (Å²) in [5.74, 6) is 5.53. The summed E-state index contributed by atoms with van der Waals surface area (Å²) < 4.78 is 10.9. The molecule has 1 aliphatic rings. The zero-order chi connectivity index (χ0) is 12.1. The van der Waals surface area contributed by atoms with Gasteiger partial charge in [0.15, 0.2) is 6.29 Å². The molecule has 0 saturated carbocycles. The summed E-state index contributed by atoms with van der Waals surface area (Å²) in [7, 11) is 0. The van der Waals surface area contributed by atoms with Crippen molar-refractivity contribution in [3.63, 3.8) is 0 Å². The Kier molecular flexibility index (Phi) is 4.41. The first-order valence-corrected chi connectivity index (χ1v) is 5.91. The van der Waals surface area contributed by atoms with Crippen LogP contribution in [0, 0.1) is 11.8 Å². The van der Waals surface area contributed by atoms with E-state index in [2.05, 4.69) is 11.8 Å². The van der Waals surface area contributed by atoms with E-state index in [0.29, 0.717) is 18.8 Å². The van der Waals surface area contributed by atoms with E-state index < -0.39 is 12.4 Å². The van der Waals surface area contributed by atoms with Crippen molar-refractivity contribution in [2.75, 3.05) is 19.1 Å². The number of halogens is 1. The van der Waals surface area contributed by atoms with E-state index in [-0.39, 0.29) is 5.88 Å². The van der Waals surface area contributed by atoms with Crippen LogP contribution in [0.15, 0.2) is 24.3 Å². The van der Waals surface area contributed by atoms with Crippen LogP contribution in [0.1, 0.15) is 23.5 Å². The van der Waals surface area contributed by atoms with E-state index in [1.165, 1.54) is 0 Å². The molecule has 4 heteroatoms. The lowest BCUT2D eigenvalue weighted by atomic mass is 10.0. The first kappa shape index (κ1) is 12.4. The lowest BCUT2D eigenvalue weighted by Crippen LogP contribution is -2.06. The van der Waals surface area contributed by atoms with Crippen LogP contribution in [-0.2, 0) is 9.47 Å². The van der Waals surface area contributed by atoms with Crippen LogP contribution in [0.25, 0.3) is 0 Å². The zero-order valence-corrected chi connectivity index (χ0v) is 9.98. The van der Waals surface area contributed by atoms with Gasteiger partial charge in [-0.1, -0.05) is 36.1 Å². The molecule has 0 aromatic heterocycles. The van der Waals surface area contributed by atoms with E-state index in [0.717, 1.165) is 5.56 Å². The van der Waals surface area contributed by atoms with Crippen molar-refractivity contribution >= 4 is 11.6 Å². The molecule has 1 aliphatic heterocycles. The summed E-state index contributed by atoms with van der Waals surface area (Å²) in [6.45, 7) is 1.14. The molecule has 1 aromatic carbocycles. The summed E-state index contributed by atoms with van der Waals surface area (Å²) in [6, 6.07) is 7.41. The number of ether oxygens (including phenoxy) is 2. The molecule has 1 fully saturated rings. The molecule has 17 heavy (non-hydrogen) atoms. The third-order valence-electron chi connectivity index (χ3n) is 2.47. The Morgan fingerprint density at radius 1 is 1.35 bits per heavy atom. The second-order valence-corrected chi connectivity index (χ2v) is 3.83. The normalized spacial score (nSPS) is 17.5. The van der Waals surface area contributed by atoms with Gasteiger partial charge in [0.2, 0.25) is 0 Å². The maximum Gasteiger partial charge on any atom is 0.184 e. The highest BCUT2D eigenvalue weighted by Crippen LogP contribution is 2.29. The number of aliphatic hydroxyl groups excluding tert-OH is 1. The number of hydrogen-bond acceptors (Lipinski definition) is 3. The van der Waals surface area contributed by atoms with Crippen molar-refractivity contribution in [1.29, 1.82) is 0 Å². The Morgan fingerprint density at radius 2 is 2.06 bits per heavy atom. The Morgan fingerprint density at radius 3 is 2.76 bits per heavy atom. The minimum atomic E-state index is -0.863. The summed E-state index contributed by atoms with van der Waals surface area (Å²) in [6.07, 6.45) is -1.27. The molecule has 2 rings (SSSR count). The van der Waals surface area contributed by atoms with Crippen LogP contribution >= 0.6 is 11.6 Å². The number of aliphatic hydroxyl groups is 1. The Hall–Kier alpha value is -1.05. The van der Waals surface area contributed by atoms with Gasteiger partial charge in [-0.3, -0.25) is 0 Å². The minimum Gasteiger partial charge on any atom is -0.376 e. The third-order valence-corrected chi connectivity index (χ3v) is 2.61. The Balaban J connectivity index is 2.26. The van der Waals surface area contributed by atoms with Gasteiger partial charge in [-0.25, -0.2) is 0 Å². The highest BCUT2D eigenvalue weighted by molar-refractivity contribution is 6.19. The van der Waals surface area contributed by atoms with E-state index in [4.69, 9.17) is 21.1 Å². The van der Waals surface area contributed by atoms with Crippen LogP contribution in [0.2, 0.25) is 0 Å². The molecule has 0 bridgehead atoms. The third kappa shape index (κ3) is 2.99. The predicted molar refractivity (Wildman–Crippen MR) is 64.5 cm³/mol. The average Bonchev–Trinajstić information content (AvgIpc) is 2.89. The first-order valence-electron chi connectivity index (χ1n) is 5.37. The van der Waals surface area contributed by atoms with E-state index >= 15 is 0 Å². The molecule has 3 nitrogen and oxygen atoms in total. The van der Waals surface area contributed by atoms with Crippen molar-refractivity contribution in [1.82, 2.24) is 0 Å². The van der Waals surface area contributed by atoms with Crippen LogP contribution in [0.3, 0.4) is 0 Å². The van der Waals surface area contributed by atoms with Crippen molar-refractivity contribution < 1.29 is 14.6 Å². The molecule has 1 saturated heterocycles. The lowest BCUT2D eigenvalue weighted by molar-refractivity contribution is -0.0455. The quantitative estimate of drug-likeness (QED) is 0.646. The average molecular weight is 253 g/mol. The number of hydrogen-bond donors (Lipinski definition) is 1. The topological polar surface area (TPSA) is 38.7 Å². The van der Waals surface area contributed by atoms with Gasteiger partial charge in [0.05, 0.1) is 19.1 Å². The number of alkyl halides is 1. The molecule has 1 unspecified atom stereocenters. The minimum absolute atomic E-state index is 0.204. The lowest BCUT2D eigenvalue weighted by Gasteiger charge is -2.15. The molecular weight excluding hydrogens is 240 g/mol. The maximum absolute atomic E-state index is 9.95. The van der Waals surface area contributed by atoms with E-state index in [1.807, 2.05) is 24.3 Å². The summed E-state index contributed by atoms with van der Waals surface area (Å²) in [5.41, 5.74) is 1.53. The molecule has 0 aliphatic carbocycles. The monoisotopic (exact) mass is 252 g/mol. The molecule has 0 amide bonds. The van der Waals surface area contributed by atoms with Gasteiger partial charge in [0.25, 0.3) is 0 Å². The van der Waals surface area contributed by atoms with Crippen molar-refractivity contribution in [3.05, 3.63) is 35.4 Å². The molecule has 1 atom stereocenters. The van der Waals surface area contributed by atoms with Gasteiger partial charge in [0, 0.05) is 11.1 Å². The molecule has 1 N–H and O–H groups in total. The Bertz CT molecular complexity index is 430. The fraction of sp³-hybridized carbons (Fsp3) is 0.385. The summed E-state index contributed by atoms with van der Waals surface area (Å²) in [5, 5.41) is 9.95. The predicted octanol–water partition coefficient (Wildman–Crippen LogP) is 2.01. The number of rotatable bonds is 2. The molecular formula is C13H13ClO3. The summed E-state index contributed by atoms with van der Waals surface area (Å²) >= 11 is 5.47. The van der Waals surface area contributed by atoms with E-state index in [9.17, 15) is 5.11 Å². The van der Waals surface area contributed by atoms with Crippen molar-refractivity contribution in [2.45, 2.75) is 12.4 Å². The number of benzene rings is 1. The van der Waals surface area contributed by atoms with Crippen LogP contribution in [0.5, 0.6) is 0 Å². The standard InChI is InChI=1S/C13H13ClO3/c14-7-3-6-12(15)10-4-1-2-5-11(10)13-16-8-9-17-13/h1-2,4-5,12-13,15H,7-9H2. The second-order valence-electron chi connectivity index (χ2n) is 3.56. The van der Waals surface area contributed by atoms with Crippen LogP contribution < -0.4 is 0 Å². The second kappa shape index (κ2) is 6.04. The molecule has 0 radical (unpaired) electrons. The smallest absolute Gasteiger partial charge is 0.184 e. The molecule has 1 aromatic rings. The van der Waals surface area contributed by atoms with Gasteiger partial charge in [-0.15, -0.1) is 11.6 Å².